The summed E-state index contributed by atoms with van der Waals surface area (Å²) >= 11 is 0. The van der Waals surface area contributed by atoms with Gasteiger partial charge in [-0.25, -0.2) is 13.6 Å². The van der Waals surface area contributed by atoms with Gasteiger partial charge in [-0.15, -0.1) is 0 Å². The molecule has 1 heterocycles. The summed E-state index contributed by atoms with van der Waals surface area (Å²) in [5.41, 5.74) is -1.83. The van der Waals surface area contributed by atoms with Crippen LogP contribution in [0.25, 0.3) is 6.08 Å². The number of ether oxygens (including phenoxy) is 1. The number of rotatable bonds is 2. The molecule has 0 N–H and O–H groups in total. The van der Waals surface area contributed by atoms with E-state index in [9.17, 15) is 13.6 Å². The van der Waals surface area contributed by atoms with E-state index in [2.05, 4.69) is 16.6 Å². The Morgan fingerprint density at radius 1 is 1.24 bits per heavy atom. The number of carbonyl (C=O) groups excluding carboxylic acids is 1. The van der Waals surface area contributed by atoms with Crippen LogP contribution in [0.15, 0.2) is 23.9 Å². The summed E-state index contributed by atoms with van der Waals surface area (Å²) in [7, 11) is -0.00953. The van der Waals surface area contributed by atoms with Gasteiger partial charge in [-0.1, -0.05) is 5.92 Å². The molecule has 7 heteroatoms. The third-order valence-corrected chi connectivity index (χ3v) is 4.26. The van der Waals surface area contributed by atoms with Crippen molar-refractivity contribution in [2.75, 3.05) is 7.11 Å². The van der Waals surface area contributed by atoms with Gasteiger partial charge in [0.2, 0.25) is 0 Å². The Morgan fingerprint density at radius 2 is 1.84 bits per heavy atom. The van der Waals surface area contributed by atoms with Crippen LogP contribution < -0.4 is 0 Å². The van der Waals surface area contributed by atoms with Crippen LogP contribution in [0.3, 0.4) is 0 Å². The van der Waals surface area contributed by atoms with E-state index in [1.165, 1.54) is 19.2 Å². The van der Waals surface area contributed by atoms with Gasteiger partial charge in [0.05, 0.1) is 18.3 Å². The zero-order valence-corrected chi connectivity index (χ0v) is 14.8. The molecule has 1 aromatic rings. The number of halogens is 2. The average molecular weight is 348 g/mol. The lowest BCUT2D eigenvalue weighted by Gasteiger charge is -2.32. The molecule has 1 aromatic carbocycles. The highest BCUT2D eigenvalue weighted by Gasteiger charge is 2.53. The SMILES string of the molecule is COC(=O)C#Cc1ccc(F)c(C=C(F)B2OC(C)(C)C(C)(C)O2)c1. The van der Waals surface area contributed by atoms with Crippen molar-refractivity contribution in [3.05, 3.63) is 40.9 Å². The lowest BCUT2D eigenvalue weighted by Crippen LogP contribution is -2.41. The van der Waals surface area contributed by atoms with E-state index in [1.807, 2.05) is 0 Å². The average Bonchev–Trinajstić information content (AvgIpc) is 2.75. The fourth-order valence-electron chi connectivity index (χ4n) is 2.08. The van der Waals surface area contributed by atoms with Crippen LogP contribution >= 0.6 is 0 Å². The molecule has 2 rings (SSSR count). The molecule has 0 radical (unpaired) electrons. The number of esters is 1. The summed E-state index contributed by atoms with van der Waals surface area (Å²) in [5.74, 6) is 3.41. The molecule has 4 nitrogen and oxygen atoms in total. The Balaban J connectivity index is 2.28. The first kappa shape index (κ1) is 19.2. The molecule has 0 spiro atoms. The van der Waals surface area contributed by atoms with Crippen LogP contribution in [0.5, 0.6) is 0 Å². The van der Waals surface area contributed by atoms with Gasteiger partial charge in [0.15, 0.2) is 0 Å². The Bertz CT molecular complexity index is 759. The molecule has 0 atom stereocenters. The molecular weight excluding hydrogens is 329 g/mol. The van der Waals surface area contributed by atoms with E-state index in [1.54, 1.807) is 27.7 Å². The first-order chi connectivity index (χ1) is 11.6. The molecule has 1 saturated heterocycles. The summed E-state index contributed by atoms with van der Waals surface area (Å²) in [6.07, 6.45) is 1.00. The Morgan fingerprint density at radius 3 is 2.40 bits per heavy atom. The quantitative estimate of drug-likeness (QED) is 0.467. The van der Waals surface area contributed by atoms with Crippen molar-refractivity contribution in [1.29, 1.82) is 0 Å². The van der Waals surface area contributed by atoms with Gasteiger partial charge in [0.25, 0.3) is 0 Å². The molecule has 0 aromatic heterocycles. The van der Waals surface area contributed by atoms with Gasteiger partial charge in [-0.3, -0.25) is 0 Å². The van der Waals surface area contributed by atoms with Crippen LogP contribution in [0, 0.1) is 17.7 Å². The van der Waals surface area contributed by atoms with Crippen molar-refractivity contribution in [2.24, 2.45) is 0 Å². The highest BCUT2D eigenvalue weighted by atomic mass is 19.1. The molecule has 0 amide bonds. The molecule has 1 fully saturated rings. The maximum atomic E-state index is 14.5. The van der Waals surface area contributed by atoms with Crippen molar-refractivity contribution in [2.45, 2.75) is 38.9 Å². The highest BCUT2D eigenvalue weighted by molar-refractivity contribution is 6.54. The summed E-state index contributed by atoms with van der Waals surface area (Å²) in [4.78, 5) is 11.0. The van der Waals surface area contributed by atoms with Crippen LogP contribution in [-0.2, 0) is 18.8 Å². The van der Waals surface area contributed by atoms with E-state index in [4.69, 9.17) is 9.31 Å². The zero-order chi connectivity index (χ0) is 18.8. The maximum Gasteiger partial charge on any atom is 0.525 e. The van der Waals surface area contributed by atoms with E-state index >= 15 is 0 Å². The number of carbonyl (C=O) groups is 1. The summed E-state index contributed by atoms with van der Waals surface area (Å²) < 4.78 is 44.0. The first-order valence-corrected chi connectivity index (χ1v) is 7.68. The van der Waals surface area contributed by atoms with Crippen LogP contribution in [0.4, 0.5) is 8.78 Å². The minimum absolute atomic E-state index is 0.0242. The standard InChI is InChI=1S/C18H19BF2O4/c1-17(2)18(3,4)25-19(24-17)15(21)11-13-10-12(6-8-14(13)20)7-9-16(22)23-5/h6,8,10-11H,1-5H3. The number of hydrogen-bond donors (Lipinski definition) is 0. The largest absolute Gasteiger partial charge is 0.525 e. The van der Waals surface area contributed by atoms with Crippen LogP contribution in [-0.4, -0.2) is 31.4 Å². The van der Waals surface area contributed by atoms with Crippen molar-refractivity contribution in [3.8, 4) is 11.8 Å². The number of hydrogen-bond acceptors (Lipinski definition) is 4. The van der Waals surface area contributed by atoms with E-state index < -0.39 is 35.8 Å². The maximum absolute atomic E-state index is 14.5. The zero-order valence-electron chi connectivity index (χ0n) is 14.8. The van der Waals surface area contributed by atoms with Gasteiger partial charge >= 0.3 is 13.1 Å². The van der Waals surface area contributed by atoms with E-state index in [0.717, 1.165) is 12.1 Å². The Labute approximate surface area is 146 Å². The second-order valence-corrected chi connectivity index (χ2v) is 6.60. The second kappa shape index (κ2) is 6.99. The Hall–Kier alpha value is -2.17. The van der Waals surface area contributed by atoms with Gasteiger partial charge < -0.3 is 14.0 Å². The van der Waals surface area contributed by atoms with E-state index in [-0.39, 0.29) is 5.56 Å². The lowest BCUT2D eigenvalue weighted by molar-refractivity contribution is -0.133. The third-order valence-electron chi connectivity index (χ3n) is 4.26. The molecule has 1 aliphatic heterocycles. The fourth-order valence-corrected chi connectivity index (χ4v) is 2.08. The predicted molar refractivity (Wildman–Crippen MR) is 90.5 cm³/mol. The third kappa shape index (κ3) is 4.27. The van der Waals surface area contributed by atoms with Gasteiger partial charge in [-0.2, -0.15) is 0 Å². The van der Waals surface area contributed by atoms with Gasteiger partial charge in [0.1, 0.15) is 11.5 Å². The van der Waals surface area contributed by atoms with Crippen molar-refractivity contribution < 1.29 is 27.6 Å². The highest BCUT2D eigenvalue weighted by Crippen LogP contribution is 2.39. The van der Waals surface area contributed by atoms with Crippen molar-refractivity contribution in [3.63, 3.8) is 0 Å². The van der Waals surface area contributed by atoms with Gasteiger partial charge in [-0.05, 0) is 52.0 Å². The van der Waals surface area contributed by atoms with Gasteiger partial charge in [0, 0.05) is 17.0 Å². The summed E-state index contributed by atoms with van der Waals surface area (Å²) in [6, 6.07) is 3.86. The minimum atomic E-state index is -1.21. The smallest absolute Gasteiger partial charge is 0.459 e. The molecular formula is C18H19BF2O4. The lowest BCUT2D eigenvalue weighted by atomic mass is 9.86. The van der Waals surface area contributed by atoms with Crippen molar-refractivity contribution in [1.82, 2.24) is 0 Å². The molecule has 0 aliphatic carbocycles. The first-order valence-electron chi connectivity index (χ1n) is 7.68. The fraction of sp³-hybridized carbons (Fsp3) is 0.389. The van der Waals surface area contributed by atoms with Crippen molar-refractivity contribution >= 4 is 19.2 Å². The molecule has 0 saturated carbocycles. The number of methoxy groups -OCH3 is 1. The topological polar surface area (TPSA) is 44.8 Å². The summed E-state index contributed by atoms with van der Waals surface area (Å²) in [6.45, 7) is 7.18. The minimum Gasteiger partial charge on any atom is -0.459 e. The normalized spacial score (nSPS) is 18.5. The van der Waals surface area contributed by atoms with Crippen LogP contribution in [0.1, 0.15) is 38.8 Å². The Kier molecular flexibility index (Phi) is 5.35. The monoisotopic (exact) mass is 348 g/mol. The van der Waals surface area contributed by atoms with Crippen LogP contribution in [0.2, 0.25) is 0 Å². The number of benzene rings is 1. The molecule has 0 bridgehead atoms. The summed E-state index contributed by atoms with van der Waals surface area (Å²) in [5, 5.41) is 0. The molecule has 25 heavy (non-hydrogen) atoms. The molecule has 132 valence electrons. The molecule has 0 unspecified atom stereocenters. The van der Waals surface area contributed by atoms with E-state index in [0.29, 0.717) is 5.56 Å². The predicted octanol–water partition coefficient (Wildman–Crippen LogP) is 3.29. The molecule has 1 aliphatic rings. The second-order valence-electron chi connectivity index (χ2n) is 6.60.